The lowest BCUT2D eigenvalue weighted by atomic mass is 10.1. The number of carbonyl (C=O) groups is 1. The van der Waals surface area contributed by atoms with Crippen molar-refractivity contribution in [1.29, 1.82) is 0 Å². The highest BCUT2D eigenvalue weighted by atomic mass is 19.1. The molecular weight excluding hydrogens is 257 g/mol. The molecule has 20 heavy (non-hydrogen) atoms. The van der Waals surface area contributed by atoms with E-state index in [1.807, 2.05) is 6.20 Å². The summed E-state index contributed by atoms with van der Waals surface area (Å²) >= 11 is 0. The Morgan fingerprint density at radius 2 is 2.35 bits per heavy atom. The third-order valence-electron chi connectivity index (χ3n) is 3.85. The van der Waals surface area contributed by atoms with Crippen molar-refractivity contribution in [2.75, 3.05) is 19.6 Å². The second-order valence-electron chi connectivity index (χ2n) is 5.23. The van der Waals surface area contributed by atoms with Crippen LogP contribution in [0.2, 0.25) is 0 Å². The minimum absolute atomic E-state index is 0.104. The molecule has 1 saturated heterocycles. The Balaban J connectivity index is 1.58. The van der Waals surface area contributed by atoms with Gasteiger partial charge in [-0.05, 0) is 43.1 Å². The summed E-state index contributed by atoms with van der Waals surface area (Å²) < 4.78 is 13.1. The fourth-order valence-electron chi connectivity index (χ4n) is 2.71. The van der Waals surface area contributed by atoms with Crippen LogP contribution >= 0.6 is 0 Å². The summed E-state index contributed by atoms with van der Waals surface area (Å²) in [6.45, 7) is 2.31. The first-order chi connectivity index (χ1) is 9.74. The van der Waals surface area contributed by atoms with Gasteiger partial charge in [0.25, 0.3) is 0 Å². The van der Waals surface area contributed by atoms with Gasteiger partial charge < -0.3 is 15.6 Å². The molecule has 1 fully saturated rings. The average Bonchev–Trinajstić information content (AvgIpc) is 3.08. The van der Waals surface area contributed by atoms with Crippen molar-refractivity contribution < 1.29 is 9.18 Å². The monoisotopic (exact) mass is 275 g/mol. The van der Waals surface area contributed by atoms with Gasteiger partial charge in [0.15, 0.2) is 0 Å². The van der Waals surface area contributed by atoms with Crippen LogP contribution in [-0.4, -0.2) is 30.5 Å². The molecule has 1 amide bonds. The predicted molar refractivity (Wildman–Crippen MR) is 75.9 cm³/mol. The van der Waals surface area contributed by atoms with E-state index < -0.39 is 0 Å². The molecule has 5 heteroatoms. The zero-order valence-electron chi connectivity index (χ0n) is 11.2. The molecule has 2 heterocycles. The Hall–Kier alpha value is -1.88. The van der Waals surface area contributed by atoms with Crippen LogP contribution in [0.25, 0.3) is 10.9 Å². The number of H-pyrrole nitrogens is 1. The fraction of sp³-hybridized carbons (Fsp3) is 0.400. The van der Waals surface area contributed by atoms with Crippen LogP contribution in [0.5, 0.6) is 0 Å². The van der Waals surface area contributed by atoms with Gasteiger partial charge in [-0.15, -0.1) is 0 Å². The molecular formula is C15H18FN3O. The number of amides is 1. The van der Waals surface area contributed by atoms with E-state index >= 15 is 0 Å². The lowest BCUT2D eigenvalue weighted by Gasteiger charge is -2.09. The number of aromatic nitrogens is 1. The number of hydrogen-bond donors (Lipinski definition) is 3. The molecule has 1 atom stereocenters. The molecule has 0 radical (unpaired) electrons. The molecule has 3 rings (SSSR count). The van der Waals surface area contributed by atoms with Crippen LogP contribution < -0.4 is 10.6 Å². The van der Waals surface area contributed by atoms with Gasteiger partial charge >= 0.3 is 0 Å². The lowest BCUT2D eigenvalue weighted by Crippen LogP contribution is -2.33. The van der Waals surface area contributed by atoms with E-state index in [-0.39, 0.29) is 17.6 Å². The van der Waals surface area contributed by atoms with Gasteiger partial charge in [-0.2, -0.15) is 0 Å². The van der Waals surface area contributed by atoms with Crippen molar-refractivity contribution in [3.63, 3.8) is 0 Å². The predicted octanol–water partition coefficient (Wildman–Crippen LogP) is 1.58. The second kappa shape index (κ2) is 5.63. The molecule has 106 valence electrons. The maximum atomic E-state index is 13.1. The minimum atomic E-state index is -0.243. The maximum Gasteiger partial charge on any atom is 0.224 e. The molecule has 1 aliphatic heterocycles. The topological polar surface area (TPSA) is 56.9 Å². The number of carbonyl (C=O) groups excluding carboxylic acids is 1. The number of fused-ring (bicyclic) bond motifs is 1. The Kier molecular flexibility index (Phi) is 3.69. The summed E-state index contributed by atoms with van der Waals surface area (Å²) in [5.41, 5.74) is 1.90. The maximum absolute atomic E-state index is 13.1. The SMILES string of the molecule is O=C(NCCc1c[nH]c2cc(F)ccc12)C1CCNC1. The lowest BCUT2D eigenvalue weighted by molar-refractivity contribution is -0.124. The third kappa shape index (κ3) is 2.67. The van der Waals surface area contributed by atoms with Crippen molar-refractivity contribution in [1.82, 2.24) is 15.6 Å². The van der Waals surface area contributed by atoms with Crippen LogP contribution in [0, 0.1) is 11.7 Å². The molecule has 0 saturated carbocycles. The molecule has 1 unspecified atom stereocenters. The first-order valence-electron chi connectivity index (χ1n) is 6.98. The van der Waals surface area contributed by atoms with E-state index in [9.17, 15) is 9.18 Å². The van der Waals surface area contributed by atoms with Gasteiger partial charge in [-0.25, -0.2) is 4.39 Å². The molecule has 0 bridgehead atoms. The van der Waals surface area contributed by atoms with Crippen LogP contribution in [0.15, 0.2) is 24.4 Å². The molecule has 4 nitrogen and oxygen atoms in total. The van der Waals surface area contributed by atoms with E-state index in [2.05, 4.69) is 15.6 Å². The Morgan fingerprint density at radius 1 is 1.45 bits per heavy atom. The zero-order chi connectivity index (χ0) is 13.9. The molecule has 1 aromatic heterocycles. The Bertz CT molecular complexity index is 617. The van der Waals surface area contributed by atoms with Crippen molar-refractivity contribution in [2.45, 2.75) is 12.8 Å². The highest BCUT2D eigenvalue weighted by Gasteiger charge is 2.21. The first-order valence-corrected chi connectivity index (χ1v) is 6.98. The van der Waals surface area contributed by atoms with Crippen molar-refractivity contribution >= 4 is 16.8 Å². The normalized spacial score (nSPS) is 18.6. The smallest absolute Gasteiger partial charge is 0.224 e. The van der Waals surface area contributed by atoms with Gasteiger partial charge in [-0.3, -0.25) is 4.79 Å². The summed E-state index contributed by atoms with van der Waals surface area (Å²) in [7, 11) is 0. The average molecular weight is 275 g/mol. The number of halogens is 1. The van der Waals surface area contributed by atoms with Crippen molar-refractivity contribution in [3.05, 3.63) is 35.8 Å². The third-order valence-corrected chi connectivity index (χ3v) is 3.85. The molecule has 2 aromatic rings. The number of rotatable bonds is 4. The van der Waals surface area contributed by atoms with Crippen LogP contribution in [0.3, 0.4) is 0 Å². The quantitative estimate of drug-likeness (QED) is 0.793. The standard InChI is InChI=1S/C15H18FN3O/c16-12-1-2-13-10(9-19-14(13)7-12)4-6-18-15(20)11-3-5-17-8-11/h1-2,7,9,11,17,19H,3-6,8H2,(H,18,20). The molecule has 0 spiro atoms. The van der Waals surface area contributed by atoms with Gasteiger partial charge in [0, 0.05) is 30.2 Å². The van der Waals surface area contributed by atoms with Gasteiger partial charge in [-0.1, -0.05) is 0 Å². The van der Waals surface area contributed by atoms with Crippen LogP contribution in [0.1, 0.15) is 12.0 Å². The van der Waals surface area contributed by atoms with Crippen LogP contribution in [0.4, 0.5) is 4.39 Å². The fourth-order valence-corrected chi connectivity index (χ4v) is 2.71. The van der Waals surface area contributed by atoms with E-state index in [0.29, 0.717) is 6.54 Å². The molecule has 1 aromatic carbocycles. The molecule has 3 N–H and O–H groups in total. The summed E-state index contributed by atoms with van der Waals surface area (Å²) in [4.78, 5) is 14.9. The first kappa shape index (κ1) is 13.1. The zero-order valence-corrected chi connectivity index (χ0v) is 11.2. The Labute approximate surface area is 116 Å². The Morgan fingerprint density at radius 3 is 3.15 bits per heavy atom. The summed E-state index contributed by atoms with van der Waals surface area (Å²) in [6, 6.07) is 4.73. The van der Waals surface area contributed by atoms with Crippen molar-refractivity contribution in [2.24, 2.45) is 5.92 Å². The van der Waals surface area contributed by atoms with E-state index in [0.717, 1.165) is 42.4 Å². The van der Waals surface area contributed by atoms with E-state index in [4.69, 9.17) is 0 Å². The largest absolute Gasteiger partial charge is 0.361 e. The highest BCUT2D eigenvalue weighted by molar-refractivity contribution is 5.83. The number of benzene rings is 1. The number of nitrogens with one attached hydrogen (secondary N) is 3. The van der Waals surface area contributed by atoms with Gasteiger partial charge in [0.2, 0.25) is 5.91 Å². The molecule has 1 aliphatic rings. The van der Waals surface area contributed by atoms with Gasteiger partial charge in [0.1, 0.15) is 5.82 Å². The summed E-state index contributed by atoms with van der Waals surface area (Å²) in [5.74, 6) is -0.0131. The second-order valence-corrected chi connectivity index (χ2v) is 5.23. The van der Waals surface area contributed by atoms with E-state index in [1.165, 1.54) is 12.1 Å². The van der Waals surface area contributed by atoms with E-state index in [1.54, 1.807) is 6.07 Å². The van der Waals surface area contributed by atoms with Gasteiger partial charge in [0.05, 0.1) is 5.92 Å². The number of hydrogen-bond acceptors (Lipinski definition) is 2. The minimum Gasteiger partial charge on any atom is -0.361 e. The van der Waals surface area contributed by atoms with Crippen molar-refractivity contribution in [3.8, 4) is 0 Å². The summed E-state index contributed by atoms with van der Waals surface area (Å²) in [5, 5.41) is 7.17. The number of aromatic amines is 1. The molecule has 0 aliphatic carbocycles. The summed E-state index contributed by atoms with van der Waals surface area (Å²) in [6.07, 6.45) is 3.54. The van der Waals surface area contributed by atoms with Crippen LogP contribution in [-0.2, 0) is 11.2 Å². The highest BCUT2D eigenvalue weighted by Crippen LogP contribution is 2.19.